The number of nitrogens with zero attached hydrogens (tertiary/aromatic N) is 1. The number of fused-ring (bicyclic) bond motifs is 6. The molecule has 230 valence electrons. The zero-order valence-electron chi connectivity index (χ0n) is 25.6. The summed E-state index contributed by atoms with van der Waals surface area (Å²) in [5.41, 5.74) is 2.79. The van der Waals surface area contributed by atoms with E-state index in [4.69, 9.17) is 4.74 Å². The number of aromatic hydroxyl groups is 1. The Morgan fingerprint density at radius 2 is 1.88 bits per heavy atom. The van der Waals surface area contributed by atoms with Crippen molar-refractivity contribution in [3.63, 3.8) is 0 Å². The summed E-state index contributed by atoms with van der Waals surface area (Å²) in [5, 5.41) is 23.4. The molecule has 0 spiro atoms. The van der Waals surface area contributed by atoms with Crippen molar-refractivity contribution in [2.24, 2.45) is 23.2 Å². The second kappa shape index (κ2) is 12.6. The van der Waals surface area contributed by atoms with E-state index in [1.54, 1.807) is 13.2 Å². The van der Waals surface area contributed by atoms with Gasteiger partial charge in [-0.05, 0) is 101 Å². The average Bonchev–Trinajstić information content (AvgIpc) is 3.29. The molecule has 3 aliphatic carbocycles. The zero-order valence-corrected chi connectivity index (χ0v) is 25.6. The van der Waals surface area contributed by atoms with Gasteiger partial charge in [0, 0.05) is 26.1 Å². The lowest BCUT2D eigenvalue weighted by Gasteiger charge is -2.54. The van der Waals surface area contributed by atoms with Gasteiger partial charge in [-0.25, -0.2) is 4.39 Å². The average molecular weight is 588 g/mol. The number of halogens is 1. The third kappa shape index (κ3) is 5.81. The molecule has 43 heavy (non-hydrogen) atoms. The van der Waals surface area contributed by atoms with Gasteiger partial charge in [0.1, 0.15) is 11.9 Å². The molecule has 7 atom stereocenters. The number of rotatable bonds is 10. The summed E-state index contributed by atoms with van der Waals surface area (Å²) in [6.07, 6.45) is 4.60. The Labute approximate surface area is 255 Å². The second-order valence-electron chi connectivity index (χ2n) is 13.6. The van der Waals surface area contributed by atoms with Crippen LogP contribution in [0.15, 0.2) is 60.7 Å². The smallest absolute Gasteiger partial charge is 0.227 e. The number of phenolic OH excluding ortho intramolecular Hbond substituents is 1. The summed E-state index contributed by atoms with van der Waals surface area (Å²) < 4.78 is 21.4. The number of hydrogen-bond acceptors (Lipinski definition) is 4. The summed E-state index contributed by atoms with van der Waals surface area (Å²) in [4.78, 5) is 15.5. The number of carbonyl (C=O) groups is 1. The fourth-order valence-electron chi connectivity index (χ4n) is 9.03. The number of hydrogen-bond donors (Lipinski definition) is 2. The van der Waals surface area contributed by atoms with Crippen LogP contribution in [0.3, 0.4) is 0 Å². The van der Waals surface area contributed by atoms with Crippen LogP contribution < -0.4 is 0 Å². The number of aliphatic hydroxyl groups is 1. The van der Waals surface area contributed by atoms with Crippen molar-refractivity contribution in [1.82, 2.24) is 4.90 Å². The Morgan fingerprint density at radius 1 is 1.07 bits per heavy atom. The highest BCUT2D eigenvalue weighted by Gasteiger charge is 2.59. The van der Waals surface area contributed by atoms with Gasteiger partial charge in [-0.1, -0.05) is 61.9 Å². The first-order valence-corrected chi connectivity index (χ1v) is 16.2. The molecule has 3 aliphatic rings. The Bertz CT molecular complexity index is 1440. The molecule has 0 saturated heterocycles. The summed E-state index contributed by atoms with van der Waals surface area (Å²) in [5.74, 6) is 0.928. The number of aliphatic hydroxyl groups excluding tert-OH is 1. The van der Waals surface area contributed by atoms with Gasteiger partial charge in [-0.15, -0.1) is 0 Å². The largest absolute Gasteiger partial charge is 0.508 e. The molecule has 2 saturated carbocycles. The van der Waals surface area contributed by atoms with E-state index in [9.17, 15) is 15.0 Å². The van der Waals surface area contributed by atoms with Crippen LogP contribution in [0.1, 0.15) is 68.1 Å². The standard InChI is InChI=1S/C37H46FNO4/c1-37-23-32(38)36-30-14-13-28(40)21-27(30)20-26(35(36)31(37)15-16-33(37)41)9-5-6-17-39(18-19-43-2)34(42)22-25-11-7-10-24-8-3-4-12-29(24)25/h3-4,7-8,10-14,21,26,31-33,35-36,40-41H,5-6,9,15-20,22-23H2,1-2H3/t26-,31?,32+,33+,35?,36?,37+/m1/s1. The Hall–Kier alpha value is -2.96. The lowest BCUT2D eigenvalue weighted by molar-refractivity contribution is -0.131. The van der Waals surface area contributed by atoms with Crippen molar-refractivity contribution in [3.05, 3.63) is 77.4 Å². The molecule has 0 aromatic heterocycles. The van der Waals surface area contributed by atoms with E-state index in [-0.39, 0.29) is 34.8 Å². The van der Waals surface area contributed by atoms with Crippen LogP contribution in [0.25, 0.3) is 10.8 Å². The molecule has 0 radical (unpaired) electrons. The third-order valence-corrected chi connectivity index (χ3v) is 11.2. The minimum Gasteiger partial charge on any atom is -0.508 e. The predicted molar refractivity (Wildman–Crippen MR) is 168 cm³/mol. The number of phenols is 1. The van der Waals surface area contributed by atoms with Crippen LogP contribution in [0, 0.1) is 23.2 Å². The van der Waals surface area contributed by atoms with E-state index in [0.717, 1.165) is 66.0 Å². The summed E-state index contributed by atoms with van der Waals surface area (Å²) >= 11 is 0. The van der Waals surface area contributed by atoms with Gasteiger partial charge in [-0.3, -0.25) is 4.79 Å². The van der Waals surface area contributed by atoms with E-state index >= 15 is 4.39 Å². The number of ether oxygens (including phenoxy) is 1. The monoisotopic (exact) mass is 587 g/mol. The molecular weight excluding hydrogens is 541 g/mol. The predicted octanol–water partition coefficient (Wildman–Crippen LogP) is 6.82. The van der Waals surface area contributed by atoms with E-state index < -0.39 is 12.3 Å². The van der Waals surface area contributed by atoms with Crippen LogP contribution >= 0.6 is 0 Å². The lowest BCUT2D eigenvalue weighted by Crippen LogP contribution is -2.51. The van der Waals surface area contributed by atoms with Crippen LogP contribution in [0.2, 0.25) is 0 Å². The highest BCUT2D eigenvalue weighted by atomic mass is 19.1. The molecule has 1 amide bonds. The van der Waals surface area contributed by atoms with E-state index in [1.165, 1.54) is 0 Å². The SMILES string of the molecule is COCCN(CCCC[C@@H]1Cc2cc(O)ccc2C2C1C1CC[C@H](O)[C@@]1(C)C[C@@H]2F)C(=O)Cc1cccc2ccccc12. The molecule has 3 aromatic carbocycles. The molecular formula is C37H46FNO4. The first-order valence-electron chi connectivity index (χ1n) is 16.2. The van der Waals surface area contributed by atoms with Gasteiger partial charge in [0.25, 0.3) is 0 Å². The first-order chi connectivity index (χ1) is 20.8. The molecule has 2 N–H and O–H groups in total. The lowest BCUT2D eigenvalue weighted by atomic mass is 9.51. The van der Waals surface area contributed by atoms with E-state index in [2.05, 4.69) is 25.1 Å². The third-order valence-electron chi connectivity index (χ3n) is 11.2. The van der Waals surface area contributed by atoms with Gasteiger partial charge in [0.15, 0.2) is 0 Å². The summed E-state index contributed by atoms with van der Waals surface area (Å²) in [7, 11) is 1.67. The van der Waals surface area contributed by atoms with Crippen LogP contribution in [0.4, 0.5) is 4.39 Å². The maximum absolute atomic E-state index is 16.1. The normalized spacial score (nSPS) is 29.6. The highest BCUT2D eigenvalue weighted by Crippen LogP contribution is 2.63. The van der Waals surface area contributed by atoms with Crippen molar-refractivity contribution in [3.8, 4) is 5.75 Å². The Morgan fingerprint density at radius 3 is 2.72 bits per heavy atom. The van der Waals surface area contributed by atoms with Gasteiger partial charge < -0.3 is 19.8 Å². The minimum atomic E-state index is -0.999. The van der Waals surface area contributed by atoms with E-state index in [1.807, 2.05) is 41.3 Å². The van der Waals surface area contributed by atoms with Crippen molar-refractivity contribution >= 4 is 16.7 Å². The first kappa shape index (κ1) is 30.1. The maximum atomic E-state index is 16.1. The molecule has 5 nitrogen and oxygen atoms in total. The number of methoxy groups -OCH3 is 1. The van der Waals surface area contributed by atoms with Crippen molar-refractivity contribution in [2.45, 2.75) is 76.5 Å². The van der Waals surface area contributed by atoms with Gasteiger partial charge in [0.2, 0.25) is 5.91 Å². The topological polar surface area (TPSA) is 70.0 Å². The molecule has 2 fully saturated rings. The summed E-state index contributed by atoms with van der Waals surface area (Å²) in [6, 6.07) is 19.8. The van der Waals surface area contributed by atoms with Crippen molar-refractivity contribution in [2.75, 3.05) is 26.8 Å². The van der Waals surface area contributed by atoms with Crippen LogP contribution in [-0.2, 0) is 22.4 Å². The van der Waals surface area contributed by atoms with Crippen molar-refractivity contribution < 1.29 is 24.1 Å². The molecule has 6 rings (SSSR count). The number of carbonyl (C=O) groups excluding carboxylic acids is 1. The highest BCUT2D eigenvalue weighted by molar-refractivity contribution is 5.90. The number of alkyl halides is 1. The number of amides is 1. The zero-order chi connectivity index (χ0) is 30.1. The molecule has 3 unspecified atom stereocenters. The molecule has 3 aromatic rings. The van der Waals surface area contributed by atoms with Crippen LogP contribution in [0.5, 0.6) is 5.75 Å². The molecule has 0 heterocycles. The van der Waals surface area contributed by atoms with Gasteiger partial charge in [-0.2, -0.15) is 0 Å². The van der Waals surface area contributed by atoms with Crippen molar-refractivity contribution in [1.29, 1.82) is 0 Å². The Kier molecular flexibility index (Phi) is 8.79. The molecule has 0 aliphatic heterocycles. The second-order valence-corrected chi connectivity index (χ2v) is 13.6. The molecule has 6 heteroatoms. The quantitative estimate of drug-likeness (QED) is 0.255. The fourth-order valence-corrected chi connectivity index (χ4v) is 9.03. The molecule has 0 bridgehead atoms. The van der Waals surface area contributed by atoms with E-state index in [0.29, 0.717) is 38.5 Å². The number of unbranched alkanes of at least 4 members (excludes halogenated alkanes) is 1. The number of benzene rings is 3. The van der Waals surface area contributed by atoms with Crippen LogP contribution in [-0.4, -0.2) is 60.1 Å². The summed E-state index contributed by atoms with van der Waals surface area (Å²) in [6.45, 7) is 3.82. The van der Waals surface area contributed by atoms with Gasteiger partial charge in [0.05, 0.1) is 19.1 Å². The Balaban J connectivity index is 1.15. The van der Waals surface area contributed by atoms with Gasteiger partial charge >= 0.3 is 0 Å². The fraction of sp³-hybridized carbons (Fsp3) is 0.541. The minimum absolute atomic E-state index is 0.110. The maximum Gasteiger partial charge on any atom is 0.227 e.